The van der Waals surface area contributed by atoms with Crippen LogP contribution in [0.4, 0.5) is 5.69 Å². The van der Waals surface area contributed by atoms with Crippen molar-refractivity contribution in [2.75, 3.05) is 5.32 Å². The van der Waals surface area contributed by atoms with Crippen LogP contribution in [0, 0.1) is 5.92 Å². The molecule has 1 aromatic carbocycles. The first-order chi connectivity index (χ1) is 7.43. The smallest absolute Gasteiger partial charge is 0.238 e. The molecule has 1 rings (SSSR count). The van der Waals surface area contributed by atoms with Crippen LogP contribution in [0.25, 0.3) is 0 Å². The Kier molecular flexibility index (Phi) is 5.09. The first-order valence-corrected chi connectivity index (χ1v) is 6.49. The number of rotatable bonds is 3. The molecule has 88 valence electrons. The zero-order chi connectivity index (χ0) is 12.3. The molecule has 2 nitrogen and oxygen atoms in total. The van der Waals surface area contributed by atoms with Crippen molar-refractivity contribution in [2.45, 2.75) is 18.7 Å². The van der Waals surface area contributed by atoms with Crippen LogP contribution in [0.3, 0.4) is 0 Å². The largest absolute Gasteiger partial charge is 0.323 e. The van der Waals surface area contributed by atoms with Crippen molar-refractivity contribution in [2.24, 2.45) is 5.92 Å². The molecule has 0 bridgehead atoms. The van der Waals surface area contributed by atoms with Crippen molar-refractivity contribution < 1.29 is 4.79 Å². The number of carbonyl (C=O) groups is 1. The van der Waals surface area contributed by atoms with Crippen LogP contribution in [0.15, 0.2) is 18.2 Å². The average Bonchev–Trinajstić information content (AvgIpc) is 2.22. The number of para-hydroxylation sites is 1. The second kappa shape index (κ2) is 5.89. The van der Waals surface area contributed by atoms with E-state index in [0.717, 1.165) is 0 Å². The van der Waals surface area contributed by atoms with Gasteiger partial charge in [0.2, 0.25) is 5.91 Å². The molecule has 0 aliphatic rings. The van der Waals surface area contributed by atoms with E-state index in [4.69, 9.17) is 23.2 Å². The zero-order valence-electron chi connectivity index (χ0n) is 8.93. The van der Waals surface area contributed by atoms with Gasteiger partial charge in [-0.3, -0.25) is 4.79 Å². The number of hydrogen-bond donors (Lipinski definition) is 1. The lowest BCUT2D eigenvalue weighted by atomic mass is 10.1. The average molecular weight is 325 g/mol. The van der Waals surface area contributed by atoms with Crippen LogP contribution in [-0.4, -0.2) is 10.7 Å². The van der Waals surface area contributed by atoms with Gasteiger partial charge in [0.1, 0.15) is 0 Å². The van der Waals surface area contributed by atoms with E-state index >= 15 is 0 Å². The van der Waals surface area contributed by atoms with Gasteiger partial charge in [0.25, 0.3) is 0 Å². The van der Waals surface area contributed by atoms with Gasteiger partial charge in [0.15, 0.2) is 0 Å². The van der Waals surface area contributed by atoms with Gasteiger partial charge in [0.05, 0.1) is 20.6 Å². The van der Waals surface area contributed by atoms with E-state index < -0.39 is 0 Å². The maximum absolute atomic E-state index is 11.8. The van der Waals surface area contributed by atoms with Crippen LogP contribution < -0.4 is 5.32 Å². The van der Waals surface area contributed by atoms with Gasteiger partial charge in [-0.1, -0.05) is 59.0 Å². The molecule has 5 heteroatoms. The normalized spacial score (nSPS) is 12.6. The van der Waals surface area contributed by atoms with Crippen molar-refractivity contribution >= 4 is 50.7 Å². The van der Waals surface area contributed by atoms with Crippen molar-refractivity contribution in [3.8, 4) is 0 Å². The van der Waals surface area contributed by atoms with Crippen molar-refractivity contribution in [3.63, 3.8) is 0 Å². The third kappa shape index (κ3) is 3.37. The van der Waals surface area contributed by atoms with Crippen LogP contribution in [0.1, 0.15) is 13.8 Å². The summed E-state index contributed by atoms with van der Waals surface area (Å²) in [5.41, 5.74) is 0.459. The Labute approximate surface area is 113 Å². The summed E-state index contributed by atoms with van der Waals surface area (Å²) in [7, 11) is 0. The minimum Gasteiger partial charge on any atom is -0.323 e. The Balaban J connectivity index is 2.85. The van der Waals surface area contributed by atoms with Crippen molar-refractivity contribution in [1.29, 1.82) is 0 Å². The predicted molar refractivity (Wildman–Crippen MR) is 72.6 cm³/mol. The Morgan fingerprint density at radius 1 is 1.31 bits per heavy atom. The number of halogens is 3. The van der Waals surface area contributed by atoms with E-state index in [2.05, 4.69) is 21.2 Å². The topological polar surface area (TPSA) is 29.1 Å². The fourth-order valence-electron chi connectivity index (χ4n) is 1.11. The summed E-state index contributed by atoms with van der Waals surface area (Å²) in [4.78, 5) is 11.5. The number of alkyl halides is 1. The van der Waals surface area contributed by atoms with E-state index in [9.17, 15) is 4.79 Å². The van der Waals surface area contributed by atoms with E-state index in [-0.39, 0.29) is 16.7 Å². The molecule has 0 aliphatic carbocycles. The third-order valence-electron chi connectivity index (χ3n) is 2.05. The summed E-state index contributed by atoms with van der Waals surface area (Å²) >= 11 is 15.2. The SMILES string of the molecule is CC(C)C(Br)C(=O)Nc1c(Cl)cccc1Cl. The molecule has 1 atom stereocenters. The molecule has 0 heterocycles. The Morgan fingerprint density at radius 3 is 2.25 bits per heavy atom. The molecule has 0 aromatic heterocycles. The van der Waals surface area contributed by atoms with E-state index in [1.807, 2.05) is 13.8 Å². The molecular weight excluding hydrogens is 313 g/mol. The number of benzene rings is 1. The molecule has 0 aliphatic heterocycles. The number of hydrogen-bond acceptors (Lipinski definition) is 1. The molecule has 0 saturated heterocycles. The molecule has 1 N–H and O–H groups in total. The number of carbonyl (C=O) groups excluding carboxylic acids is 1. The summed E-state index contributed by atoms with van der Waals surface area (Å²) in [5, 5.41) is 3.58. The molecule has 0 saturated carbocycles. The van der Waals surface area contributed by atoms with Gasteiger partial charge in [-0.25, -0.2) is 0 Å². The number of anilines is 1. The van der Waals surface area contributed by atoms with Gasteiger partial charge in [-0.2, -0.15) is 0 Å². The number of amides is 1. The van der Waals surface area contributed by atoms with Crippen LogP contribution in [0.2, 0.25) is 10.0 Å². The van der Waals surface area contributed by atoms with E-state index in [1.54, 1.807) is 18.2 Å². The van der Waals surface area contributed by atoms with E-state index in [1.165, 1.54) is 0 Å². The lowest BCUT2D eigenvalue weighted by molar-refractivity contribution is -0.116. The molecule has 1 aromatic rings. The van der Waals surface area contributed by atoms with Gasteiger partial charge in [-0.05, 0) is 18.1 Å². The maximum Gasteiger partial charge on any atom is 0.238 e. The summed E-state index contributed by atoms with van der Waals surface area (Å²) in [6, 6.07) is 5.09. The molecule has 0 radical (unpaired) electrons. The van der Waals surface area contributed by atoms with E-state index in [0.29, 0.717) is 15.7 Å². The highest BCUT2D eigenvalue weighted by atomic mass is 79.9. The van der Waals surface area contributed by atoms with Gasteiger partial charge in [-0.15, -0.1) is 0 Å². The summed E-state index contributed by atoms with van der Waals surface area (Å²) < 4.78 is 0. The third-order valence-corrected chi connectivity index (χ3v) is 4.15. The molecule has 1 unspecified atom stereocenters. The van der Waals surface area contributed by atoms with Crippen LogP contribution in [0.5, 0.6) is 0 Å². The zero-order valence-corrected chi connectivity index (χ0v) is 12.0. The molecule has 16 heavy (non-hydrogen) atoms. The molecule has 0 fully saturated rings. The summed E-state index contributed by atoms with van der Waals surface area (Å²) in [6.07, 6.45) is 0. The van der Waals surface area contributed by atoms with Crippen molar-refractivity contribution in [1.82, 2.24) is 0 Å². The van der Waals surface area contributed by atoms with Gasteiger partial charge >= 0.3 is 0 Å². The van der Waals surface area contributed by atoms with Crippen LogP contribution in [-0.2, 0) is 4.79 Å². The fourth-order valence-corrected chi connectivity index (χ4v) is 1.72. The predicted octanol–water partition coefficient (Wildman–Crippen LogP) is 4.35. The minimum absolute atomic E-state index is 0.148. The fraction of sp³-hybridized carbons (Fsp3) is 0.364. The molecule has 0 spiro atoms. The van der Waals surface area contributed by atoms with Gasteiger partial charge in [0, 0.05) is 0 Å². The summed E-state index contributed by atoms with van der Waals surface area (Å²) in [6.45, 7) is 3.90. The lowest BCUT2D eigenvalue weighted by Crippen LogP contribution is -2.27. The minimum atomic E-state index is -0.264. The first-order valence-electron chi connectivity index (χ1n) is 4.82. The molecular formula is C11H12BrCl2NO. The standard InChI is InChI=1S/C11H12BrCl2NO/c1-6(2)9(12)11(16)15-10-7(13)4-3-5-8(10)14/h3-6,9H,1-2H3,(H,15,16). The number of nitrogens with one attached hydrogen (secondary N) is 1. The maximum atomic E-state index is 11.8. The second-order valence-electron chi connectivity index (χ2n) is 3.73. The quantitative estimate of drug-likeness (QED) is 0.823. The first kappa shape index (κ1) is 13.8. The Morgan fingerprint density at radius 2 is 1.81 bits per heavy atom. The molecule has 1 amide bonds. The monoisotopic (exact) mass is 323 g/mol. The van der Waals surface area contributed by atoms with Gasteiger partial charge < -0.3 is 5.32 Å². The Hall–Kier alpha value is -0.250. The highest BCUT2D eigenvalue weighted by Gasteiger charge is 2.20. The Bertz CT molecular complexity index is 375. The highest BCUT2D eigenvalue weighted by Crippen LogP contribution is 2.30. The highest BCUT2D eigenvalue weighted by molar-refractivity contribution is 9.10. The summed E-state index contributed by atoms with van der Waals surface area (Å²) in [5.74, 6) is 0.0475. The second-order valence-corrected chi connectivity index (χ2v) is 5.53. The lowest BCUT2D eigenvalue weighted by Gasteiger charge is -2.15. The van der Waals surface area contributed by atoms with Crippen LogP contribution >= 0.6 is 39.1 Å². The van der Waals surface area contributed by atoms with Crippen molar-refractivity contribution in [3.05, 3.63) is 28.2 Å².